The largest absolute Gasteiger partial charge is 0.498 e. The summed E-state index contributed by atoms with van der Waals surface area (Å²) in [6.07, 6.45) is 1.76. The van der Waals surface area contributed by atoms with Crippen LogP contribution in [0.15, 0.2) is 12.3 Å². The molecule has 0 bridgehead atoms. The Morgan fingerprint density at radius 3 is 2.36 bits per heavy atom. The first kappa shape index (κ1) is 15.3. The monoisotopic (exact) mass is 306 g/mol. The topological polar surface area (TPSA) is 45.5 Å². The molecule has 0 saturated carbocycles. The molecule has 1 aliphatic heterocycles. The number of aryl methyl sites for hydroxylation is 1. The second-order valence-electron chi connectivity index (χ2n) is 6.64. The SMILES string of the molecule is COc1c(B2OC(C)(C)C(C)(C)O2)cc2cn(C)nc2c1F. The molecule has 1 aromatic carbocycles. The molecule has 0 aliphatic carbocycles. The molecule has 0 spiro atoms. The maximum Gasteiger partial charge on any atom is 0.498 e. The molecule has 0 amide bonds. The highest BCUT2D eigenvalue weighted by Gasteiger charge is 2.52. The summed E-state index contributed by atoms with van der Waals surface area (Å²) < 4.78 is 33.5. The Balaban J connectivity index is 2.15. The molecule has 5 nitrogen and oxygen atoms in total. The molecule has 1 saturated heterocycles. The fourth-order valence-corrected chi connectivity index (χ4v) is 2.60. The number of ether oxygens (including phenoxy) is 1. The second-order valence-corrected chi connectivity index (χ2v) is 6.64. The first-order valence-corrected chi connectivity index (χ1v) is 7.21. The van der Waals surface area contributed by atoms with E-state index >= 15 is 0 Å². The molecule has 0 radical (unpaired) electrons. The van der Waals surface area contributed by atoms with Crippen molar-refractivity contribution >= 4 is 23.5 Å². The van der Waals surface area contributed by atoms with Gasteiger partial charge in [-0.2, -0.15) is 5.10 Å². The highest BCUT2D eigenvalue weighted by Crippen LogP contribution is 2.38. The van der Waals surface area contributed by atoms with Crippen molar-refractivity contribution in [2.75, 3.05) is 7.11 Å². The number of methoxy groups -OCH3 is 1. The van der Waals surface area contributed by atoms with Crippen LogP contribution in [-0.2, 0) is 16.4 Å². The minimum atomic E-state index is -0.681. The van der Waals surface area contributed by atoms with Crippen LogP contribution in [0.3, 0.4) is 0 Å². The number of hydrogen-bond acceptors (Lipinski definition) is 4. The number of fused-ring (bicyclic) bond motifs is 1. The zero-order chi connectivity index (χ0) is 16.3. The lowest BCUT2D eigenvalue weighted by molar-refractivity contribution is 0.00578. The van der Waals surface area contributed by atoms with Crippen LogP contribution in [0.1, 0.15) is 27.7 Å². The Bertz CT molecular complexity index is 726. The van der Waals surface area contributed by atoms with E-state index in [9.17, 15) is 4.39 Å². The van der Waals surface area contributed by atoms with Crippen molar-refractivity contribution in [3.8, 4) is 5.75 Å². The first-order valence-electron chi connectivity index (χ1n) is 7.21. The van der Waals surface area contributed by atoms with Crippen LogP contribution < -0.4 is 10.2 Å². The van der Waals surface area contributed by atoms with Crippen LogP contribution in [0.5, 0.6) is 5.75 Å². The predicted octanol–water partition coefficient (Wildman–Crippen LogP) is 2.02. The average molecular weight is 306 g/mol. The Labute approximate surface area is 129 Å². The molecule has 3 rings (SSSR count). The molecule has 7 heteroatoms. The van der Waals surface area contributed by atoms with Gasteiger partial charge in [0.2, 0.25) is 0 Å². The lowest BCUT2D eigenvalue weighted by Gasteiger charge is -2.32. The summed E-state index contributed by atoms with van der Waals surface area (Å²) in [5, 5.41) is 4.81. The zero-order valence-electron chi connectivity index (χ0n) is 13.7. The van der Waals surface area contributed by atoms with Crippen molar-refractivity contribution in [1.29, 1.82) is 0 Å². The van der Waals surface area contributed by atoms with Gasteiger partial charge in [0, 0.05) is 24.1 Å². The van der Waals surface area contributed by atoms with E-state index in [0.29, 0.717) is 10.8 Å². The summed E-state index contributed by atoms with van der Waals surface area (Å²) >= 11 is 0. The molecule has 2 heterocycles. The normalized spacial score (nSPS) is 19.9. The minimum absolute atomic E-state index is 0.115. The maximum atomic E-state index is 14.7. The highest BCUT2D eigenvalue weighted by molar-refractivity contribution is 6.63. The predicted molar refractivity (Wildman–Crippen MR) is 82.9 cm³/mol. The van der Waals surface area contributed by atoms with Crippen molar-refractivity contribution < 1.29 is 18.4 Å². The van der Waals surface area contributed by atoms with E-state index < -0.39 is 24.1 Å². The summed E-state index contributed by atoms with van der Waals surface area (Å²) in [6, 6.07) is 1.81. The van der Waals surface area contributed by atoms with Crippen LogP contribution in [0.4, 0.5) is 4.39 Å². The van der Waals surface area contributed by atoms with Gasteiger partial charge in [-0.05, 0) is 33.8 Å². The van der Waals surface area contributed by atoms with Crippen molar-refractivity contribution in [2.24, 2.45) is 7.05 Å². The Morgan fingerprint density at radius 2 is 1.82 bits per heavy atom. The van der Waals surface area contributed by atoms with Crippen molar-refractivity contribution in [2.45, 2.75) is 38.9 Å². The lowest BCUT2D eigenvalue weighted by atomic mass is 9.77. The van der Waals surface area contributed by atoms with Crippen LogP contribution >= 0.6 is 0 Å². The number of aromatic nitrogens is 2. The minimum Gasteiger partial charge on any atom is -0.494 e. The number of halogens is 1. The Hall–Kier alpha value is -1.60. The van der Waals surface area contributed by atoms with Gasteiger partial charge in [0.1, 0.15) is 5.52 Å². The third kappa shape index (κ3) is 2.11. The zero-order valence-corrected chi connectivity index (χ0v) is 13.7. The van der Waals surface area contributed by atoms with Crippen molar-refractivity contribution in [3.63, 3.8) is 0 Å². The van der Waals surface area contributed by atoms with Crippen LogP contribution in [0.2, 0.25) is 0 Å². The average Bonchev–Trinajstić information content (AvgIpc) is 2.87. The van der Waals surface area contributed by atoms with E-state index in [1.807, 2.05) is 33.8 Å². The van der Waals surface area contributed by atoms with Gasteiger partial charge < -0.3 is 14.0 Å². The quantitative estimate of drug-likeness (QED) is 0.796. The molecule has 0 N–H and O–H groups in total. The van der Waals surface area contributed by atoms with Gasteiger partial charge >= 0.3 is 7.12 Å². The van der Waals surface area contributed by atoms with Crippen LogP contribution in [0.25, 0.3) is 10.9 Å². The maximum absolute atomic E-state index is 14.7. The van der Waals surface area contributed by atoms with E-state index in [1.54, 1.807) is 17.9 Å². The Morgan fingerprint density at radius 1 is 1.23 bits per heavy atom. The van der Waals surface area contributed by atoms with Gasteiger partial charge in [-0.3, -0.25) is 4.68 Å². The van der Waals surface area contributed by atoms with Gasteiger partial charge in [-0.15, -0.1) is 0 Å². The number of benzene rings is 1. The molecule has 22 heavy (non-hydrogen) atoms. The smallest absolute Gasteiger partial charge is 0.494 e. The number of rotatable bonds is 2. The van der Waals surface area contributed by atoms with Crippen LogP contribution in [0, 0.1) is 5.82 Å². The molecule has 1 aromatic heterocycles. The summed E-state index contributed by atoms with van der Waals surface area (Å²) in [5.41, 5.74) is -0.176. The van der Waals surface area contributed by atoms with Crippen LogP contribution in [-0.4, -0.2) is 35.2 Å². The van der Waals surface area contributed by atoms with Gasteiger partial charge in [-0.25, -0.2) is 4.39 Å². The molecular formula is C15H20BFN2O3. The fourth-order valence-electron chi connectivity index (χ4n) is 2.60. The molecule has 118 valence electrons. The van der Waals surface area contributed by atoms with Gasteiger partial charge in [0.05, 0.1) is 18.3 Å². The molecule has 0 unspecified atom stereocenters. The third-order valence-corrected chi connectivity index (χ3v) is 4.55. The number of hydrogen-bond donors (Lipinski definition) is 0. The second kappa shape index (κ2) is 4.70. The Kier molecular flexibility index (Phi) is 3.27. The van der Waals surface area contributed by atoms with Gasteiger partial charge in [0.25, 0.3) is 0 Å². The highest BCUT2D eigenvalue weighted by atomic mass is 19.1. The van der Waals surface area contributed by atoms with Crippen molar-refractivity contribution in [3.05, 3.63) is 18.1 Å². The molecule has 1 fully saturated rings. The molecule has 2 aromatic rings. The van der Waals surface area contributed by atoms with E-state index in [0.717, 1.165) is 0 Å². The van der Waals surface area contributed by atoms with Crippen molar-refractivity contribution in [1.82, 2.24) is 9.78 Å². The molecule has 0 atom stereocenters. The fraction of sp³-hybridized carbons (Fsp3) is 0.533. The summed E-state index contributed by atoms with van der Waals surface area (Å²) in [7, 11) is 2.50. The van der Waals surface area contributed by atoms with E-state index in [1.165, 1.54) is 7.11 Å². The number of nitrogens with zero attached hydrogens (tertiary/aromatic N) is 2. The molecule has 1 aliphatic rings. The lowest BCUT2D eigenvalue weighted by Crippen LogP contribution is -2.41. The van der Waals surface area contributed by atoms with E-state index in [-0.39, 0.29) is 11.3 Å². The first-order chi connectivity index (χ1) is 10.2. The van der Waals surface area contributed by atoms with E-state index in [4.69, 9.17) is 14.0 Å². The standard InChI is InChI=1S/C15H20BFN2O3/c1-14(2)15(3,4)22-16(21-14)10-7-9-8-19(5)18-12(9)11(17)13(10)20-6/h7-8H,1-6H3. The summed E-state index contributed by atoms with van der Waals surface area (Å²) in [5.74, 6) is -0.380. The summed E-state index contributed by atoms with van der Waals surface area (Å²) in [4.78, 5) is 0. The third-order valence-electron chi connectivity index (χ3n) is 4.55. The van der Waals surface area contributed by atoms with Gasteiger partial charge in [0.15, 0.2) is 11.6 Å². The molecular weight excluding hydrogens is 286 g/mol. The van der Waals surface area contributed by atoms with Gasteiger partial charge in [-0.1, -0.05) is 0 Å². The summed E-state index contributed by atoms with van der Waals surface area (Å²) in [6.45, 7) is 7.83. The van der Waals surface area contributed by atoms with E-state index in [2.05, 4.69) is 5.10 Å².